The Labute approximate surface area is 296 Å². The highest BCUT2D eigenvalue weighted by Gasteiger charge is 2.31. The van der Waals surface area contributed by atoms with Crippen molar-refractivity contribution in [2.75, 3.05) is 64.5 Å². The van der Waals surface area contributed by atoms with Crippen LogP contribution in [0.25, 0.3) is 0 Å². The minimum absolute atomic E-state index is 0.124. The number of hydrogen-bond donors (Lipinski definition) is 7. The lowest BCUT2D eigenvalue weighted by Crippen LogP contribution is -2.36. The Morgan fingerprint density at radius 3 is 2.31 bits per heavy atom. The first-order valence-electron chi connectivity index (χ1n) is 15.6. The molecule has 0 aliphatic carbocycles. The third-order valence-electron chi connectivity index (χ3n) is 6.97. The van der Waals surface area contributed by atoms with E-state index in [1.54, 1.807) is 37.4 Å². The number of ether oxygens (including phenoxy) is 1. The minimum Gasteiger partial charge on any atom is -0.505 e. The zero-order valence-corrected chi connectivity index (χ0v) is 29.6. The maximum absolute atomic E-state index is 16.3. The molecule has 12 nitrogen and oxygen atoms in total. The number of allylic oxidation sites excluding steroid dienone is 1. The smallest absolute Gasteiger partial charge is 0.448 e. The Hall–Kier alpha value is -5.19. The highest BCUT2D eigenvalue weighted by atomic mass is 19.4. The molecule has 1 atom stereocenters. The molecule has 16 heteroatoms. The molecule has 0 aliphatic heterocycles. The van der Waals surface area contributed by atoms with Crippen molar-refractivity contribution in [1.82, 2.24) is 15.5 Å². The first kappa shape index (κ1) is 43.8. The molecular formula is C35H48F4N8O4. The van der Waals surface area contributed by atoms with Gasteiger partial charge in [0, 0.05) is 44.7 Å². The molecule has 8 N–H and O–H groups in total. The van der Waals surface area contributed by atoms with E-state index in [1.807, 2.05) is 57.2 Å². The number of anilines is 3. The van der Waals surface area contributed by atoms with E-state index in [1.165, 1.54) is 11.2 Å². The molecule has 1 amide bonds. The number of nitrogens with zero attached hydrogens (tertiary/aromatic N) is 3. The second-order valence-electron chi connectivity index (χ2n) is 10.9. The van der Waals surface area contributed by atoms with Crippen molar-refractivity contribution < 1.29 is 37.3 Å². The molecule has 3 aromatic rings. The molecule has 1 unspecified atom stereocenters. The quantitative estimate of drug-likeness (QED) is 0.0212. The van der Waals surface area contributed by atoms with Crippen LogP contribution in [0.4, 0.5) is 34.6 Å². The highest BCUT2D eigenvalue weighted by molar-refractivity contribution is 5.98. The molecule has 0 saturated carbocycles. The molecule has 0 aromatic heterocycles. The molecule has 0 aliphatic rings. The predicted molar refractivity (Wildman–Crippen MR) is 195 cm³/mol. The number of hydrazone groups is 1. The summed E-state index contributed by atoms with van der Waals surface area (Å²) in [5.74, 6) is -2.04. The maximum Gasteiger partial charge on any atom is 0.448 e. The summed E-state index contributed by atoms with van der Waals surface area (Å²) in [5.41, 5.74) is 10.7. The second kappa shape index (κ2) is 21.8. The van der Waals surface area contributed by atoms with E-state index in [-0.39, 0.29) is 17.1 Å². The molecule has 51 heavy (non-hydrogen) atoms. The van der Waals surface area contributed by atoms with Gasteiger partial charge in [-0.1, -0.05) is 37.8 Å². The molecule has 0 bridgehead atoms. The zero-order chi connectivity index (χ0) is 38.7. The van der Waals surface area contributed by atoms with Crippen LogP contribution < -0.4 is 31.4 Å². The molecular weight excluding hydrogens is 672 g/mol. The number of alkyl halides is 3. The average molecular weight is 721 g/mol. The lowest BCUT2D eigenvalue weighted by atomic mass is 9.99. The molecule has 0 spiro atoms. The number of aryl methyl sites for hydroxylation is 1. The van der Waals surface area contributed by atoms with E-state index in [9.17, 15) is 18.0 Å². The third kappa shape index (κ3) is 13.9. The van der Waals surface area contributed by atoms with Gasteiger partial charge in [-0.3, -0.25) is 9.80 Å². The van der Waals surface area contributed by atoms with Crippen LogP contribution in [0.15, 0.2) is 72.0 Å². The van der Waals surface area contributed by atoms with E-state index < -0.39 is 23.8 Å². The fourth-order valence-corrected chi connectivity index (χ4v) is 4.40. The number of nitrogens with two attached hydrogens (primary N) is 1. The second-order valence-corrected chi connectivity index (χ2v) is 10.9. The summed E-state index contributed by atoms with van der Waals surface area (Å²) >= 11 is 0. The van der Waals surface area contributed by atoms with Crippen molar-refractivity contribution in [3.63, 3.8) is 0 Å². The lowest BCUT2D eigenvalue weighted by molar-refractivity contribution is -0.119. The number of aliphatic hydroxyl groups excluding tert-OH is 2. The van der Waals surface area contributed by atoms with Gasteiger partial charge in [0.2, 0.25) is 6.41 Å². The van der Waals surface area contributed by atoms with E-state index in [2.05, 4.69) is 27.6 Å². The molecule has 3 rings (SSSR count). The summed E-state index contributed by atoms with van der Waals surface area (Å²) in [6.07, 6.45) is -2.20. The third-order valence-corrected chi connectivity index (χ3v) is 6.97. The molecule has 0 radical (unpaired) electrons. The van der Waals surface area contributed by atoms with Crippen LogP contribution in [0.3, 0.4) is 0 Å². The number of carbonyl (C=O) groups is 1. The van der Waals surface area contributed by atoms with Gasteiger partial charge in [-0.2, -0.15) is 18.3 Å². The Bertz CT molecular complexity index is 1600. The van der Waals surface area contributed by atoms with Crippen molar-refractivity contribution in [2.45, 2.75) is 32.1 Å². The van der Waals surface area contributed by atoms with Crippen LogP contribution >= 0.6 is 0 Å². The Kier molecular flexibility index (Phi) is 18.7. The molecule has 0 fully saturated rings. The normalized spacial score (nSPS) is 11.6. The topological polar surface area (TPSA) is 172 Å². The van der Waals surface area contributed by atoms with Crippen molar-refractivity contribution >= 4 is 35.5 Å². The number of nitrogens with one attached hydrogen (secondary N) is 4. The number of hydrogen-bond acceptors (Lipinski definition) is 11. The van der Waals surface area contributed by atoms with E-state index in [0.29, 0.717) is 49.6 Å². The van der Waals surface area contributed by atoms with Crippen molar-refractivity contribution in [3.8, 4) is 5.75 Å². The highest BCUT2D eigenvalue weighted by Crippen LogP contribution is 2.32. The minimum atomic E-state index is -4.64. The lowest BCUT2D eigenvalue weighted by Gasteiger charge is -2.26. The van der Waals surface area contributed by atoms with Crippen LogP contribution in [-0.4, -0.2) is 88.2 Å². The van der Waals surface area contributed by atoms with Gasteiger partial charge < -0.3 is 46.9 Å². The summed E-state index contributed by atoms with van der Waals surface area (Å²) in [7, 11) is 8.37. The maximum atomic E-state index is 16.3. The Morgan fingerprint density at radius 1 is 1.14 bits per heavy atom. The number of para-hydroxylation sites is 2. The average Bonchev–Trinajstić information content (AvgIpc) is 3.09. The monoisotopic (exact) mass is 720 g/mol. The van der Waals surface area contributed by atoms with Crippen molar-refractivity contribution in [2.24, 2.45) is 5.10 Å². The number of amides is 1. The number of nitrogen functional groups attached to an aromatic ring is 1. The summed E-state index contributed by atoms with van der Waals surface area (Å²) in [4.78, 5) is 13.8. The molecule has 3 aromatic carbocycles. The van der Waals surface area contributed by atoms with E-state index in [4.69, 9.17) is 26.1 Å². The van der Waals surface area contributed by atoms with Crippen LogP contribution in [0.1, 0.15) is 35.2 Å². The van der Waals surface area contributed by atoms with Crippen molar-refractivity contribution in [1.29, 1.82) is 5.41 Å². The van der Waals surface area contributed by atoms with Crippen molar-refractivity contribution in [3.05, 3.63) is 95.0 Å². The van der Waals surface area contributed by atoms with Crippen LogP contribution in [0.2, 0.25) is 0 Å². The summed E-state index contributed by atoms with van der Waals surface area (Å²) in [6, 6.07) is 15.2. The number of amidine groups is 1. The predicted octanol–water partition coefficient (Wildman–Crippen LogP) is 5.21. The van der Waals surface area contributed by atoms with E-state index in [0.717, 1.165) is 23.8 Å². The van der Waals surface area contributed by atoms with Gasteiger partial charge in [-0.15, -0.1) is 0 Å². The number of aliphatic hydroxyl groups is 2. The molecule has 280 valence electrons. The van der Waals surface area contributed by atoms with Gasteiger partial charge >= 0.3 is 6.18 Å². The number of carbonyl (C=O) groups excluding carboxylic acids is 1. The van der Waals surface area contributed by atoms with E-state index >= 15 is 4.39 Å². The number of benzene rings is 3. The summed E-state index contributed by atoms with van der Waals surface area (Å²) in [6.45, 7) is 5.68. The first-order valence-corrected chi connectivity index (χ1v) is 15.6. The molecule has 0 saturated heterocycles. The zero-order valence-electron chi connectivity index (χ0n) is 29.6. The number of halogens is 4. The Morgan fingerprint density at radius 2 is 1.78 bits per heavy atom. The largest absolute Gasteiger partial charge is 0.505 e. The van der Waals surface area contributed by atoms with Gasteiger partial charge in [0.15, 0.2) is 23.2 Å². The van der Waals surface area contributed by atoms with Gasteiger partial charge in [0.1, 0.15) is 12.6 Å². The van der Waals surface area contributed by atoms with Gasteiger partial charge in [0.05, 0.1) is 11.4 Å². The van der Waals surface area contributed by atoms with Crippen LogP contribution in [0.5, 0.6) is 5.75 Å². The first-order chi connectivity index (χ1) is 24.2. The van der Waals surface area contributed by atoms with Gasteiger partial charge in [0.25, 0.3) is 0 Å². The van der Waals surface area contributed by atoms with Gasteiger partial charge in [-0.05, 0) is 74.6 Å². The fourth-order valence-electron chi connectivity index (χ4n) is 4.40. The SMILES string of the molecule is C=C(O)C(F)(F)F.CCc1cc(OCCN(C)C)c(F)c(C(Nc2ccc(C=N)c(CNC)c2)/C(=N/N(C)c2ccccc2N)NC=O)c1.CO. The molecule has 0 heterocycles. The van der Waals surface area contributed by atoms with Gasteiger partial charge in [-0.25, -0.2) is 4.39 Å². The number of rotatable bonds is 15. The standard InChI is InChI=1S/C31H41FN8O2.C3H3F3O.CH4O/c1-6-21-15-25(29(32)28(16-21)42-14-13-39(3)4)30(37-24-12-11-22(18-33)23(17-24)19-35-2)31(36-20-41)38-40(5)27-10-8-7-9-26(27)34;1-2(7)3(4,5)6;1-2/h7-12,15-18,20,30,33,35,37H,6,13-14,19,34H2,1-5H3,(H,36,38,41);7H,1H2;2H,1H3. The van der Waals surface area contributed by atoms with Crippen LogP contribution in [0, 0.1) is 11.2 Å². The summed E-state index contributed by atoms with van der Waals surface area (Å²) in [5, 5.41) is 37.7. The van der Waals surface area contributed by atoms with Crippen LogP contribution in [-0.2, 0) is 17.8 Å². The summed E-state index contributed by atoms with van der Waals surface area (Å²) < 4.78 is 54.7. The fraction of sp³-hybridized carbons (Fsp3) is 0.343. The number of likely N-dealkylation sites (N-methyl/N-ethyl adjacent to an activating group) is 1. The Balaban J connectivity index is 0.00000129.